The van der Waals surface area contributed by atoms with E-state index in [0.29, 0.717) is 21.8 Å². The minimum atomic E-state index is -0.829. The third-order valence-corrected chi connectivity index (χ3v) is 3.77. The highest BCUT2D eigenvalue weighted by Crippen LogP contribution is 2.30. The van der Waals surface area contributed by atoms with Gasteiger partial charge in [-0.05, 0) is 32.4 Å². The van der Waals surface area contributed by atoms with Crippen LogP contribution < -0.4 is 5.32 Å². The van der Waals surface area contributed by atoms with Gasteiger partial charge in [-0.15, -0.1) is 0 Å². The van der Waals surface area contributed by atoms with E-state index in [1.165, 1.54) is 17.4 Å². The average Bonchev–Trinajstić information content (AvgIpc) is 2.70. The molecule has 0 saturated heterocycles. The summed E-state index contributed by atoms with van der Waals surface area (Å²) in [5, 5.41) is 12.5. The van der Waals surface area contributed by atoms with Crippen LogP contribution in [0.3, 0.4) is 0 Å². The molecule has 2 N–H and O–H groups in total. The van der Waals surface area contributed by atoms with Gasteiger partial charge in [0.1, 0.15) is 5.82 Å². The summed E-state index contributed by atoms with van der Waals surface area (Å²) in [7, 11) is 0. The molecule has 0 aliphatic carbocycles. The Bertz CT molecular complexity index is 610. The van der Waals surface area contributed by atoms with Gasteiger partial charge < -0.3 is 10.4 Å². The van der Waals surface area contributed by atoms with Crippen molar-refractivity contribution in [1.82, 2.24) is 4.98 Å². The van der Waals surface area contributed by atoms with Gasteiger partial charge in [-0.25, -0.2) is 9.37 Å². The van der Waals surface area contributed by atoms with Gasteiger partial charge in [0.05, 0.1) is 10.2 Å². The van der Waals surface area contributed by atoms with Crippen LogP contribution >= 0.6 is 11.3 Å². The van der Waals surface area contributed by atoms with Crippen molar-refractivity contribution in [3.63, 3.8) is 0 Å². The van der Waals surface area contributed by atoms with Crippen LogP contribution in [-0.4, -0.2) is 21.6 Å². The van der Waals surface area contributed by atoms with Gasteiger partial charge in [0.25, 0.3) is 0 Å². The molecule has 0 radical (unpaired) electrons. The fourth-order valence-corrected chi connectivity index (χ4v) is 2.79. The molecule has 102 valence electrons. The molecule has 0 spiro atoms. The van der Waals surface area contributed by atoms with Crippen molar-refractivity contribution in [2.75, 3.05) is 5.32 Å². The van der Waals surface area contributed by atoms with Crippen LogP contribution in [0.2, 0.25) is 0 Å². The number of nitrogens with zero attached hydrogens (tertiary/aromatic N) is 1. The first-order chi connectivity index (χ1) is 8.87. The van der Waals surface area contributed by atoms with E-state index in [4.69, 9.17) is 5.11 Å². The number of hydrogen-bond acceptors (Lipinski definition) is 4. The lowest BCUT2D eigenvalue weighted by atomic mass is 9.99. The van der Waals surface area contributed by atoms with E-state index in [1.54, 1.807) is 12.1 Å². The summed E-state index contributed by atoms with van der Waals surface area (Å²) in [4.78, 5) is 14.9. The summed E-state index contributed by atoms with van der Waals surface area (Å²) in [5.74, 6) is -1.11. The highest BCUT2D eigenvalue weighted by atomic mass is 32.1. The number of fused-ring (bicyclic) bond motifs is 1. The lowest BCUT2D eigenvalue weighted by molar-refractivity contribution is -0.137. The number of anilines is 1. The van der Waals surface area contributed by atoms with Crippen molar-refractivity contribution < 1.29 is 14.3 Å². The molecule has 1 heterocycles. The summed E-state index contributed by atoms with van der Waals surface area (Å²) in [6, 6.07) is 4.78. The number of aromatic nitrogens is 1. The first-order valence-electron chi connectivity index (χ1n) is 5.92. The van der Waals surface area contributed by atoms with E-state index in [0.717, 1.165) is 0 Å². The number of rotatable bonds is 5. The van der Waals surface area contributed by atoms with Crippen molar-refractivity contribution in [1.29, 1.82) is 0 Å². The standard InChI is InChI=1S/C13H15FN2O2S/c1-13(2,7-6-10(17)18)16-12-15-9-5-3-4-8(14)11(9)19-12/h3-5H,6-7H2,1-2H3,(H,15,16)(H,17,18). The Morgan fingerprint density at radius 1 is 1.53 bits per heavy atom. The van der Waals surface area contributed by atoms with E-state index in [-0.39, 0.29) is 12.2 Å². The Morgan fingerprint density at radius 2 is 2.26 bits per heavy atom. The fourth-order valence-electron chi connectivity index (χ4n) is 1.74. The Balaban J connectivity index is 2.16. The Hall–Kier alpha value is -1.69. The van der Waals surface area contributed by atoms with Gasteiger partial charge in [0.15, 0.2) is 5.13 Å². The maximum Gasteiger partial charge on any atom is 0.303 e. The van der Waals surface area contributed by atoms with E-state index < -0.39 is 11.5 Å². The van der Waals surface area contributed by atoms with Crippen LogP contribution in [0.4, 0.5) is 9.52 Å². The van der Waals surface area contributed by atoms with Crippen LogP contribution in [0, 0.1) is 5.82 Å². The third kappa shape index (κ3) is 3.41. The summed E-state index contributed by atoms with van der Waals surface area (Å²) in [6.45, 7) is 3.80. The molecule has 19 heavy (non-hydrogen) atoms. The van der Waals surface area contributed by atoms with Gasteiger partial charge in [-0.1, -0.05) is 17.4 Å². The number of benzene rings is 1. The number of nitrogens with one attached hydrogen (secondary N) is 1. The zero-order valence-electron chi connectivity index (χ0n) is 10.7. The van der Waals surface area contributed by atoms with Gasteiger partial charge in [-0.3, -0.25) is 4.79 Å². The van der Waals surface area contributed by atoms with E-state index in [2.05, 4.69) is 10.3 Å². The van der Waals surface area contributed by atoms with Gasteiger partial charge in [0.2, 0.25) is 0 Å². The number of thiazole rings is 1. The molecule has 0 amide bonds. The summed E-state index contributed by atoms with van der Waals surface area (Å²) >= 11 is 1.24. The van der Waals surface area contributed by atoms with Crippen molar-refractivity contribution >= 4 is 32.7 Å². The number of hydrogen-bond donors (Lipinski definition) is 2. The normalized spacial score (nSPS) is 11.7. The minimum absolute atomic E-state index is 0.0826. The second kappa shape index (κ2) is 5.13. The molecule has 0 fully saturated rings. The topological polar surface area (TPSA) is 62.2 Å². The maximum atomic E-state index is 13.6. The summed E-state index contributed by atoms with van der Waals surface area (Å²) < 4.78 is 14.1. The van der Waals surface area contributed by atoms with Crippen LogP contribution in [0.1, 0.15) is 26.7 Å². The zero-order chi connectivity index (χ0) is 14.0. The maximum absolute atomic E-state index is 13.6. The molecule has 6 heteroatoms. The second-order valence-corrected chi connectivity index (χ2v) is 6.01. The van der Waals surface area contributed by atoms with Crippen molar-refractivity contribution in [3.8, 4) is 0 Å². The molecule has 2 rings (SSSR count). The molecule has 4 nitrogen and oxygen atoms in total. The molecule has 0 aliphatic heterocycles. The van der Waals surface area contributed by atoms with Gasteiger partial charge in [-0.2, -0.15) is 0 Å². The SMILES string of the molecule is CC(C)(CCC(=O)O)Nc1nc2cccc(F)c2s1. The van der Waals surface area contributed by atoms with Gasteiger partial charge in [0, 0.05) is 12.0 Å². The van der Waals surface area contributed by atoms with Crippen LogP contribution in [0.5, 0.6) is 0 Å². The molecular formula is C13H15FN2O2S. The number of carboxylic acids is 1. The smallest absolute Gasteiger partial charge is 0.303 e. The van der Waals surface area contributed by atoms with Crippen LogP contribution in [0.15, 0.2) is 18.2 Å². The van der Waals surface area contributed by atoms with Crippen molar-refractivity contribution in [2.45, 2.75) is 32.2 Å². The molecular weight excluding hydrogens is 267 g/mol. The van der Waals surface area contributed by atoms with Crippen molar-refractivity contribution in [3.05, 3.63) is 24.0 Å². The lowest BCUT2D eigenvalue weighted by Gasteiger charge is -2.25. The Morgan fingerprint density at radius 3 is 2.89 bits per heavy atom. The highest BCUT2D eigenvalue weighted by molar-refractivity contribution is 7.22. The lowest BCUT2D eigenvalue weighted by Crippen LogP contribution is -2.31. The fraction of sp³-hybridized carbons (Fsp3) is 0.385. The first-order valence-corrected chi connectivity index (χ1v) is 6.74. The average molecular weight is 282 g/mol. The molecule has 0 bridgehead atoms. The molecule has 0 unspecified atom stereocenters. The quantitative estimate of drug-likeness (QED) is 0.881. The molecule has 0 saturated carbocycles. The third-order valence-electron chi connectivity index (χ3n) is 2.78. The Labute approximate surface area is 114 Å². The molecule has 1 aromatic carbocycles. The van der Waals surface area contributed by atoms with E-state index in [9.17, 15) is 9.18 Å². The molecule has 0 aliphatic rings. The van der Waals surface area contributed by atoms with E-state index in [1.807, 2.05) is 13.8 Å². The first kappa shape index (κ1) is 13.7. The summed E-state index contributed by atoms with van der Waals surface area (Å²) in [5.41, 5.74) is 0.212. The van der Waals surface area contributed by atoms with Crippen LogP contribution in [0.25, 0.3) is 10.2 Å². The second-order valence-electron chi connectivity index (χ2n) is 5.01. The Kier molecular flexibility index (Phi) is 3.71. The van der Waals surface area contributed by atoms with Crippen molar-refractivity contribution in [2.24, 2.45) is 0 Å². The zero-order valence-corrected chi connectivity index (χ0v) is 11.6. The molecule has 0 atom stereocenters. The van der Waals surface area contributed by atoms with Gasteiger partial charge >= 0.3 is 5.97 Å². The predicted octanol–water partition coefficient (Wildman–Crippen LogP) is 3.49. The highest BCUT2D eigenvalue weighted by Gasteiger charge is 2.20. The predicted molar refractivity (Wildman–Crippen MR) is 74.1 cm³/mol. The monoisotopic (exact) mass is 282 g/mol. The van der Waals surface area contributed by atoms with Crippen LogP contribution in [-0.2, 0) is 4.79 Å². The molecule has 1 aromatic heterocycles. The summed E-state index contributed by atoms with van der Waals surface area (Å²) in [6.07, 6.45) is 0.556. The number of carbonyl (C=O) groups is 1. The minimum Gasteiger partial charge on any atom is -0.481 e. The number of halogens is 1. The largest absolute Gasteiger partial charge is 0.481 e. The van der Waals surface area contributed by atoms with E-state index >= 15 is 0 Å². The number of aliphatic carboxylic acids is 1. The molecule has 2 aromatic rings. The number of carboxylic acid groups (broad SMARTS) is 1.